The molecule has 6 nitrogen and oxygen atoms in total. The van der Waals surface area contributed by atoms with Gasteiger partial charge < -0.3 is 20.1 Å². The molecule has 0 amide bonds. The Morgan fingerprint density at radius 2 is 1.52 bits per heavy atom. The van der Waals surface area contributed by atoms with Gasteiger partial charge in [-0.3, -0.25) is 0 Å². The Morgan fingerprint density at radius 3 is 1.91 bits per heavy atom. The standard InChI is InChI=1S/C16H22N2O4S/c1-5-21-14(19)11-7-12(15(20)22-6-2)9-13(8-11)18-16(23)17-10(3)4/h7-10H,5-6H2,1-4H3,(H2,17,18,23). The number of esters is 2. The molecule has 1 aromatic carbocycles. The van der Waals surface area contributed by atoms with Crippen LogP contribution in [0.25, 0.3) is 0 Å². The number of hydrogen-bond donors (Lipinski definition) is 2. The summed E-state index contributed by atoms with van der Waals surface area (Å²) >= 11 is 5.18. The van der Waals surface area contributed by atoms with E-state index < -0.39 is 11.9 Å². The number of rotatable bonds is 6. The van der Waals surface area contributed by atoms with Gasteiger partial charge in [-0.2, -0.15) is 0 Å². The van der Waals surface area contributed by atoms with Gasteiger partial charge in [-0.25, -0.2) is 9.59 Å². The van der Waals surface area contributed by atoms with Crippen molar-refractivity contribution >= 4 is 35.0 Å². The van der Waals surface area contributed by atoms with E-state index in [0.717, 1.165) is 0 Å². The molecule has 0 unspecified atom stereocenters. The average molecular weight is 338 g/mol. The maximum atomic E-state index is 11.9. The maximum Gasteiger partial charge on any atom is 0.338 e. The van der Waals surface area contributed by atoms with Gasteiger partial charge in [0, 0.05) is 11.7 Å². The minimum Gasteiger partial charge on any atom is -0.462 e. The van der Waals surface area contributed by atoms with Crippen molar-refractivity contribution in [1.82, 2.24) is 5.32 Å². The summed E-state index contributed by atoms with van der Waals surface area (Å²) in [4.78, 5) is 23.9. The Hall–Kier alpha value is -2.15. The third-order valence-electron chi connectivity index (χ3n) is 2.63. The van der Waals surface area contributed by atoms with Gasteiger partial charge in [0.1, 0.15) is 0 Å². The van der Waals surface area contributed by atoms with E-state index >= 15 is 0 Å². The van der Waals surface area contributed by atoms with Crippen LogP contribution in [0.3, 0.4) is 0 Å². The first-order valence-electron chi connectivity index (χ1n) is 7.44. The molecule has 7 heteroatoms. The lowest BCUT2D eigenvalue weighted by molar-refractivity contribution is 0.0525. The SMILES string of the molecule is CCOC(=O)c1cc(NC(=S)NC(C)C)cc(C(=O)OCC)c1. The van der Waals surface area contributed by atoms with E-state index in [-0.39, 0.29) is 30.4 Å². The van der Waals surface area contributed by atoms with E-state index in [1.54, 1.807) is 26.0 Å². The van der Waals surface area contributed by atoms with Gasteiger partial charge in [0.05, 0.1) is 24.3 Å². The van der Waals surface area contributed by atoms with Gasteiger partial charge in [-0.15, -0.1) is 0 Å². The highest BCUT2D eigenvalue weighted by Gasteiger charge is 2.15. The summed E-state index contributed by atoms with van der Waals surface area (Å²) in [5.41, 5.74) is 1.02. The highest BCUT2D eigenvalue weighted by Crippen LogP contribution is 2.17. The zero-order chi connectivity index (χ0) is 17.4. The molecule has 1 rings (SSSR count). The third kappa shape index (κ3) is 6.23. The van der Waals surface area contributed by atoms with Gasteiger partial charge in [0.15, 0.2) is 5.11 Å². The van der Waals surface area contributed by atoms with Crippen LogP contribution in [0.2, 0.25) is 0 Å². The van der Waals surface area contributed by atoms with Crippen molar-refractivity contribution in [3.05, 3.63) is 29.3 Å². The second kappa shape index (κ2) is 9.09. The Balaban J connectivity index is 3.10. The van der Waals surface area contributed by atoms with Crippen LogP contribution in [0.1, 0.15) is 48.4 Å². The summed E-state index contributed by atoms with van der Waals surface area (Å²) in [6.07, 6.45) is 0. The second-order valence-corrected chi connectivity index (χ2v) is 5.40. The molecule has 0 spiro atoms. The minimum atomic E-state index is -0.510. The average Bonchev–Trinajstić information content (AvgIpc) is 2.46. The lowest BCUT2D eigenvalue weighted by Gasteiger charge is -2.14. The van der Waals surface area contributed by atoms with Crippen LogP contribution in [-0.4, -0.2) is 36.3 Å². The van der Waals surface area contributed by atoms with Crippen molar-refractivity contribution in [2.75, 3.05) is 18.5 Å². The second-order valence-electron chi connectivity index (χ2n) is 4.99. The molecule has 0 bridgehead atoms. The molecule has 0 aliphatic carbocycles. The normalized spacial score (nSPS) is 10.1. The number of hydrogen-bond acceptors (Lipinski definition) is 5. The van der Waals surface area contributed by atoms with Crippen molar-refractivity contribution in [2.45, 2.75) is 33.7 Å². The molecule has 0 aliphatic rings. The quantitative estimate of drug-likeness (QED) is 0.610. The van der Waals surface area contributed by atoms with Crippen molar-refractivity contribution in [1.29, 1.82) is 0 Å². The van der Waals surface area contributed by atoms with E-state index in [0.29, 0.717) is 10.8 Å². The molecular formula is C16H22N2O4S. The summed E-state index contributed by atoms with van der Waals surface area (Å²) in [7, 11) is 0. The van der Waals surface area contributed by atoms with E-state index in [4.69, 9.17) is 21.7 Å². The Bertz CT molecular complexity index is 551. The summed E-state index contributed by atoms with van der Waals surface area (Å²) < 4.78 is 9.96. The first-order valence-corrected chi connectivity index (χ1v) is 7.85. The smallest absolute Gasteiger partial charge is 0.338 e. The van der Waals surface area contributed by atoms with Crippen molar-refractivity contribution in [3.8, 4) is 0 Å². The number of nitrogens with one attached hydrogen (secondary N) is 2. The topological polar surface area (TPSA) is 76.7 Å². The fourth-order valence-corrected chi connectivity index (χ4v) is 2.15. The Morgan fingerprint density at radius 1 is 1.04 bits per heavy atom. The van der Waals surface area contributed by atoms with Crippen LogP contribution >= 0.6 is 12.2 Å². The molecule has 0 aliphatic heterocycles. The molecule has 0 fully saturated rings. The zero-order valence-corrected chi connectivity index (χ0v) is 14.6. The Kier molecular flexibility index (Phi) is 7.47. The zero-order valence-electron chi connectivity index (χ0n) is 13.8. The number of carbonyl (C=O) groups is 2. The van der Waals surface area contributed by atoms with Gasteiger partial charge in [0.2, 0.25) is 0 Å². The number of carbonyl (C=O) groups excluding carboxylic acids is 2. The largest absolute Gasteiger partial charge is 0.462 e. The summed E-state index contributed by atoms with van der Waals surface area (Å²) in [5, 5.41) is 6.38. The van der Waals surface area contributed by atoms with Crippen LogP contribution < -0.4 is 10.6 Å². The summed E-state index contributed by atoms with van der Waals surface area (Å²) in [5.74, 6) is -1.02. The highest BCUT2D eigenvalue weighted by atomic mass is 32.1. The predicted octanol–water partition coefficient (Wildman–Crippen LogP) is 2.73. The molecule has 0 saturated carbocycles. The maximum absolute atomic E-state index is 11.9. The van der Waals surface area contributed by atoms with Crippen LogP contribution in [0, 0.1) is 0 Å². The monoisotopic (exact) mass is 338 g/mol. The number of thiocarbonyl (C=S) groups is 1. The number of ether oxygens (including phenoxy) is 2. The van der Waals surface area contributed by atoms with E-state index in [9.17, 15) is 9.59 Å². The predicted molar refractivity (Wildman–Crippen MR) is 92.8 cm³/mol. The third-order valence-corrected chi connectivity index (χ3v) is 2.85. The molecule has 0 atom stereocenters. The van der Waals surface area contributed by atoms with Crippen LogP contribution in [0.15, 0.2) is 18.2 Å². The minimum absolute atomic E-state index is 0.160. The lowest BCUT2D eigenvalue weighted by Crippen LogP contribution is -2.34. The van der Waals surface area contributed by atoms with E-state index in [2.05, 4.69) is 10.6 Å². The molecule has 2 N–H and O–H groups in total. The molecule has 126 valence electrons. The highest BCUT2D eigenvalue weighted by molar-refractivity contribution is 7.80. The van der Waals surface area contributed by atoms with Crippen LogP contribution in [-0.2, 0) is 9.47 Å². The summed E-state index contributed by atoms with van der Waals surface area (Å²) in [6, 6.07) is 4.76. The first-order chi connectivity index (χ1) is 10.9. The molecule has 0 aromatic heterocycles. The molecule has 0 saturated heterocycles. The van der Waals surface area contributed by atoms with Gasteiger partial charge in [-0.1, -0.05) is 0 Å². The van der Waals surface area contributed by atoms with Crippen molar-refractivity contribution < 1.29 is 19.1 Å². The number of anilines is 1. The Labute approximate surface area is 141 Å². The van der Waals surface area contributed by atoms with Gasteiger partial charge in [-0.05, 0) is 58.1 Å². The summed E-state index contributed by atoms with van der Waals surface area (Å²) in [6.45, 7) is 7.83. The fourth-order valence-electron chi connectivity index (χ4n) is 1.79. The van der Waals surface area contributed by atoms with E-state index in [1.807, 2.05) is 13.8 Å². The first kappa shape index (κ1) is 18.9. The molecule has 23 heavy (non-hydrogen) atoms. The van der Waals surface area contributed by atoms with Gasteiger partial charge >= 0.3 is 11.9 Å². The number of benzene rings is 1. The van der Waals surface area contributed by atoms with E-state index in [1.165, 1.54) is 6.07 Å². The van der Waals surface area contributed by atoms with Crippen molar-refractivity contribution in [3.63, 3.8) is 0 Å². The molecule has 0 radical (unpaired) electrons. The molecular weight excluding hydrogens is 316 g/mol. The fraction of sp³-hybridized carbons (Fsp3) is 0.438. The van der Waals surface area contributed by atoms with Crippen molar-refractivity contribution in [2.24, 2.45) is 0 Å². The molecule has 1 aromatic rings. The lowest BCUT2D eigenvalue weighted by atomic mass is 10.1. The van der Waals surface area contributed by atoms with Crippen LogP contribution in [0.5, 0.6) is 0 Å². The van der Waals surface area contributed by atoms with Crippen LogP contribution in [0.4, 0.5) is 5.69 Å². The van der Waals surface area contributed by atoms with Gasteiger partial charge in [0.25, 0.3) is 0 Å². The molecule has 0 heterocycles.